The summed E-state index contributed by atoms with van der Waals surface area (Å²) < 4.78 is 7.78. The summed E-state index contributed by atoms with van der Waals surface area (Å²) in [7, 11) is 3.35. The van der Waals surface area contributed by atoms with Crippen molar-refractivity contribution in [3.63, 3.8) is 0 Å². The van der Waals surface area contributed by atoms with Gasteiger partial charge >= 0.3 is 0 Å². The van der Waals surface area contributed by atoms with E-state index >= 15 is 0 Å². The smallest absolute Gasteiger partial charge is 0.162 e. The summed E-state index contributed by atoms with van der Waals surface area (Å²) in [6.07, 6.45) is 0.840. The van der Waals surface area contributed by atoms with Crippen molar-refractivity contribution in [3.05, 3.63) is 45.7 Å². The molecule has 0 aliphatic rings. The van der Waals surface area contributed by atoms with Gasteiger partial charge in [0.15, 0.2) is 5.75 Å². The van der Waals surface area contributed by atoms with E-state index in [1.54, 1.807) is 25.0 Å². The fraction of sp³-hybridized carbons (Fsp3) is 0.308. The van der Waals surface area contributed by atoms with Crippen molar-refractivity contribution in [1.82, 2.24) is 9.78 Å². The molecule has 0 aliphatic carbocycles. The first-order chi connectivity index (χ1) is 8.52. The van der Waals surface area contributed by atoms with Crippen molar-refractivity contribution in [2.24, 2.45) is 7.05 Å². The molecule has 1 aromatic heterocycles. The molecule has 0 spiro atoms. The van der Waals surface area contributed by atoms with Crippen LogP contribution in [-0.2, 0) is 7.05 Å². The van der Waals surface area contributed by atoms with Crippen molar-refractivity contribution in [2.75, 3.05) is 7.11 Å². The Labute approximate surface area is 114 Å². The van der Waals surface area contributed by atoms with E-state index in [1.807, 2.05) is 25.1 Å². The van der Waals surface area contributed by atoms with E-state index in [2.05, 4.69) is 21.0 Å². The Bertz CT molecular complexity index is 546. The van der Waals surface area contributed by atoms with E-state index in [4.69, 9.17) is 4.74 Å². The highest BCUT2D eigenvalue weighted by Gasteiger charge is 2.20. The zero-order chi connectivity index (χ0) is 13.3. The highest BCUT2D eigenvalue weighted by atomic mass is 79.9. The number of hydrogen-bond donors (Lipinski definition) is 1. The molecule has 1 heterocycles. The van der Waals surface area contributed by atoms with E-state index < -0.39 is 6.10 Å². The first kappa shape index (κ1) is 13.1. The van der Waals surface area contributed by atoms with Crippen LogP contribution in [0.2, 0.25) is 0 Å². The molecule has 1 N–H and O–H groups in total. The lowest BCUT2D eigenvalue weighted by Gasteiger charge is -2.14. The van der Waals surface area contributed by atoms with Gasteiger partial charge in [-0.15, -0.1) is 0 Å². The monoisotopic (exact) mass is 310 g/mol. The second kappa shape index (κ2) is 5.12. The van der Waals surface area contributed by atoms with Crippen molar-refractivity contribution in [2.45, 2.75) is 13.0 Å². The minimum absolute atomic E-state index is 0.586. The molecule has 0 amide bonds. The standard InChI is InChI=1S/C13H15BrN2O2/c1-8-4-9(6-10(14)5-8)13(17)12-11(18-3)7-15-16(12)2/h4-7,13,17H,1-3H3. The van der Waals surface area contributed by atoms with Crippen LogP contribution in [0.15, 0.2) is 28.9 Å². The fourth-order valence-corrected chi connectivity index (χ4v) is 2.60. The first-order valence-corrected chi connectivity index (χ1v) is 6.33. The number of nitrogens with zero attached hydrogens (tertiary/aromatic N) is 2. The van der Waals surface area contributed by atoms with Crippen LogP contribution in [0.1, 0.15) is 22.9 Å². The number of methoxy groups -OCH3 is 1. The molecule has 0 fully saturated rings. The third kappa shape index (κ3) is 2.42. The number of aliphatic hydroxyl groups is 1. The van der Waals surface area contributed by atoms with Gasteiger partial charge in [-0.3, -0.25) is 4.68 Å². The lowest BCUT2D eigenvalue weighted by atomic mass is 10.0. The van der Waals surface area contributed by atoms with Gasteiger partial charge in [-0.05, 0) is 30.2 Å². The van der Waals surface area contributed by atoms with Gasteiger partial charge in [0.1, 0.15) is 11.8 Å². The Morgan fingerprint density at radius 3 is 2.72 bits per heavy atom. The number of aliphatic hydroxyl groups excluding tert-OH is 1. The van der Waals surface area contributed by atoms with E-state index in [1.165, 1.54) is 0 Å². The minimum Gasteiger partial charge on any atom is -0.493 e. The predicted molar refractivity (Wildman–Crippen MR) is 72.7 cm³/mol. The number of benzene rings is 1. The highest BCUT2D eigenvalue weighted by Crippen LogP contribution is 2.31. The average Bonchev–Trinajstić information content (AvgIpc) is 2.68. The minimum atomic E-state index is -0.761. The number of aromatic nitrogens is 2. The van der Waals surface area contributed by atoms with Gasteiger partial charge in [-0.25, -0.2) is 0 Å². The van der Waals surface area contributed by atoms with Gasteiger partial charge in [0.2, 0.25) is 0 Å². The van der Waals surface area contributed by atoms with Crippen molar-refractivity contribution < 1.29 is 9.84 Å². The van der Waals surface area contributed by atoms with Gasteiger partial charge < -0.3 is 9.84 Å². The molecule has 2 rings (SSSR count). The van der Waals surface area contributed by atoms with Gasteiger partial charge in [0.25, 0.3) is 0 Å². The molecule has 4 nitrogen and oxygen atoms in total. The van der Waals surface area contributed by atoms with Crippen LogP contribution in [0, 0.1) is 6.92 Å². The summed E-state index contributed by atoms with van der Waals surface area (Å²) >= 11 is 3.43. The molecule has 0 aliphatic heterocycles. The summed E-state index contributed by atoms with van der Waals surface area (Å²) in [6.45, 7) is 1.99. The maximum absolute atomic E-state index is 10.5. The van der Waals surface area contributed by atoms with Crippen molar-refractivity contribution >= 4 is 15.9 Å². The third-order valence-corrected chi connectivity index (χ3v) is 3.27. The molecule has 2 aromatic rings. The van der Waals surface area contributed by atoms with Crippen LogP contribution in [0.4, 0.5) is 0 Å². The molecule has 0 saturated carbocycles. The Morgan fingerprint density at radius 2 is 2.11 bits per heavy atom. The van der Waals surface area contributed by atoms with E-state index in [0.717, 1.165) is 15.6 Å². The van der Waals surface area contributed by atoms with Crippen LogP contribution >= 0.6 is 15.9 Å². The SMILES string of the molecule is COc1cnn(C)c1C(O)c1cc(C)cc(Br)c1. The van der Waals surface area contributed by atoms with Crippen LogP contribution in [0.5, 0.6) is 5.75 Å². The molecular weight excluding hydrogens is 296 g/mol. The maximum Gasteiger partial charge on any atom is 0.162 e. The summed E-state index contributed by atoms with van der Waals surface area (Å²) in [4.78, 5) is 0. The summed E-state index contributed by atoms with van der Waals surface area (Å²) in [6, 6.07) is 5.84. The molecule has 96 valence electrons. The molecule has 0 bridgehead atoms. The fourth-order valence-electron chi connectivity index (χ4n) is 1.98. The van der Waals surface area contributed by atoms with E-state index in [-0.39, 0.29) is 0 Å². The third-order valence-electron chi connectivity index (χ3n) is 2.81. The molecule has 0 radical (unpaired) electrons. The maximum atomic E-state index is 10.5. The molecule has 1 aromatic carbocycles. The molecule has 1 unspecified atom stereocenters. The van der Waals surface area contributed by atoms with Crippen LogP contribution < -0.4 is 4.74 Å². The number of hydrogen-bond acceptors (Lipinski definition) is 3. The van der Waals surface area contributed by atoms with Crippen LogP contribution in [0.3, 0.4) is 0 Å². The van der Waals surface area contributed by atoms with Gasteiger partial charge in [0, 0.05) is 11.5 Å². The lowest BCUT2D eigenvalue weighted by Crippen LogP contribution is -2.08. The first-order valence-electron chi connectivity index (χ1n) is 5.54. The van der Waals surface area contributed by atoms with Gasteiger partial charge in [0.05, 0.1) is 13.3 Å². The normalized spacial score (nSPS) is 12.5. The Hall–Kier alpha value is -1.33. The Balaban J connectivity index is 2.47. The second-order valence-electron chi connectivity index (χ2n) is 4.19. The molecular formula is C13H15BrN2O2. The number of aryl methyl sites for hydroxylation is 2. The quantitative estimate of drug-likeness (QED) is 0.948. The summed E-state index contributed by atoms with van der Waals surface area (Å²) in [5.41, 5.74) is 2.54. The van der Waals surface area contributed by atoms with Crippen LogP contribution in [-0.4, -0.2) is 22.0 Å². The van der Waals surface area contributed by atoms with E-state index in [0.29, 0.717) is 11.4 Å². The molecule has 5 heteroatoms. The summed E-state index contributed by atoms with van der Waals surface area (Å²) in [5.74, 6) is 0.586. The average molecular weight is 311 g/mol. The number of halogens is 1. The number of ether oxygens (including phenoxy) is 1. The van der Waals surface area contributed by atoms with Gasteiger partial charge in [-0.1, -0.05) is 22.0 Å². The summed E-state index contributed by atoms with van der Waals surface area (Å²) in [5, 5.41) is 14.6. The van der Waals surface area contributed by atoms with Crippen molar-refractivity contribution in [3.8, 4) is 5.75 Å². The molecule has 1 atom stereocenters. The largest absolute Gasteiger partial charge is 0.493 e. The predicted octanol–water partition coefficient (Wildman–Crippen LogP) is 2.58. The second-order valence-corrected chi connectivity index (χ2v) is 5.10. The molecule has 18 heavy (non-hydrogen) atoms. The number of rotatable bonds is 3. The Kier molecular flexibility index (Phi) is 3.73. The molecule has 0 saturated heterocycles. The highest BCUT2D eigenvalue weighted by molar-refractivity contribution is 9.10. The zero-order valence-corrected chi connectivity index (χ0v) is 12.1. The lowest BCUT2D eigenvalue weighted by molar-refractivity contribution is 0.204. The van der Waals surface area contributed by atoms with Crippen LogP contribution in [0.25, 0.3) is 0 Å². The zero-order valence-electron chi connectivity index (χ0n) is 10.5. The van der Waals surface area contributed by atoms with E-state index in [9.17, 15) is 5.11 Å². The Morgan fingerprint density at radius 1 is 1.39 bits per heavy atom. The van der Waals surface area contributed by atoms with Crippen molar-refractivity contribution in [1.29, 1.82) is 0 Å². The topological polar surface area (TPSA) is 47.3 Å². The van der Waals surface area contributed by atoms with Gasteiger partial charge in [-0.2, -0.15) is 5.10 Å².